The molecule has 0 atom stereocenters. The molecular weight excluding hydrogens is 351 g/mol. The molecule has 1 aromatic carbocycles. The van der Waals surface area contributed by atoms with Crippen molar-refractivity contribution in [2.45, 2.75) is 6.92 Å². The van der Waals surface area contributed by atoms with Gasteiger partial charge in [-0.1, -0.05) is 0 Å². The van der Waals surface area contributed by atoms with Gasteiger partial charge in [0.05, 0.1) is 24.2 Å². The van der Waals surface area contributed by atoms with Crippen molar-refractivity contribution in [1.29, 1.82) is 0 Å². The lowest BCUT2D eigenvalue weighted by Crippen LogP contribution is -2.37. The van der Waals surface area contributed by atoms with E-state index >= 15 is 0 Å². The summed E-state index contributed by atoms with van der Waals surface area (Å²) in [7, 11) is 1.64. The van der Waals surface area contributed by atoms with Crippen LogP contribution < -0.4 is 9.80 Å². The summed E-state index contributed by atoms with van der Waals surface area (Å²) < 4.78 is 24.4. The van der Waals surface area contributed by atoms with Crippen molar-refractivity contribution < 1.29 is 18.3 Å². The quantitative estimate of drug-likeness (QED) is 0.706. The summed E-state index contributed by atoms with van der Waals surface area (Å²) in [5.74, 6) is 0.518. The lowest BCUT2D eigenvalue weighted by Gasteiger charge is -2.28. The average molecular weight is 370 g/mol. The molecule has 3 aromatic rings. The molecule has 0 unspecified atom stereocenters. The number of halogens is 1. The standard InChI is InChI=1S/C19H19FN4O3/c1-12-15(19(25)23(2)14-5-3-13(20)4-6-14)16-17(21-11-22-18(16)27-12)24-7-9-26-10-8-24/h3-6,11H,7-10H2,1-2H3. The first-order chi connectivity index (χ1) is 13.1. The van der Waals surface area contributed by atoms with E-state index in [1.807, 2.05) is 0 Å². The van der Waals surface area contributed by atoms with Gasteiger partial charge < -0.3 is 19.0 Å². The van der Waals surface area contributed by atoms with Gasteiger partial charge in [0.25, 0.3) is 5.91 Å². The first-order valence-electron chi connectivity index (χ1n) is 8.66. The molecule has 2 aromatic heterocycles. The highest BCUT2D eigenvalue weighted by Gasteiger charge is 2.28. The molecule has 27 heavy (non-hydrogen) atoms. The van der Waals surface area contributed by atoms with Gasteiger partial charge in [0.15, 0.2) is 0 Å². The van der Waals surface area contributed by atoms with Crippen LogP contribution in [-0.4, -0.2) is 49.2 Å². The number of aromatic nitrogens is 2. The first-order valence-corrected chi connectivity index (χ1v) is 8.66. The van der Waals surface area contributed by atoms with Crippen molar-refractivity contribution in [2.75, 3.05) is 43.2 Å². The zero-order chi connectivity index (χ0) is 19.0. The third-order valence-electron chi connectivity index (χ3n) is 4.69. The van der Waals surface area contributed by atoms with Crippen LogP contribution in [0, 0.1) is 12.7 Å². The molecule has 0 radical (unpaired) electrons. The molecule has 0 N–H and O–H groups in total. The summed E-state index contributed by atoms with van der Waals surface area (Å²) in [6, 6.07) is 5.76. The zero-order valence-corrected chi connectivity index (χ0v) is 15.1. The fourth-order valence-electron chi connectivity index (χ4n) is 3.25. The van der Waals surface area contributed by atoms with Crippen LogP contribution in [0.15, 0.2) is 35.0 Å². The van der Waals surface area contributed by atoms with E-state index in [0.717, 1.165) is 0 Å². The molecule has 0 aliphatic carbocycles. The Balaban J connectivity index is 1.79. The van der Waals surface area contributed by atoms with Crippen molar-refractivity contribution in [1.82, 2.24) is 9.97 Å². The number of morpholine rings is 1. The molecule has 140 valence electrons. The van der Waals surface area contributed by atoms with Gasteiger partial charge in [0.1, 0.15) is 23.7 Å². The highest BCUT2D eigenvalue weighted by Crippen LogP contribution is 2.33. The van der Waals surface area contributed by atoms with Gasteiger partial charge in [-0.15, -0.1) is 0 Å². The molecule has 1 saturated heterocycles. The number of fused-ring (bicyclic) bond motifs is 1. The molecule has 0 bridgehead atoms. The van der Waals surface area contributed by atoms with Gasteiger partial charge in [-0.05, 0) is 31.2 Å². The van der Waals surface area contributed by atoms with Crippen molar-refractivity contribution in [3.8, 4) is 0 Å². The number of furan rings is 1. The summed E-state index contributed by atoms with van der Waals surface area (Å²) in [5.41, 5.74) is 1.37. The summed E-state index contributed by atoms with van der Waals surface area (Å²) in [4.78, 5) is 25.4. The molecular formula is C19H19FN4O3. The van der Waals surface area contributed by atoms with E-state index in [1.54, 1.807) is 26.1 Å². The molecule has 1 aliphatic heterocycles. The maximum atomic E-state index is 13.2. The van der Waals surface area contributed by atoms with Gasteiger partial charge >= 0.3 is 0 Å². The minimum Gasteiger partial charge on any atom is -0.442 e. The zero-order valence-electron chi connectivity index (χ0n) is 15.1. The highest BCUT2D eigenvalue weighted by atomic mass is 19.1. The number of aryl methyl sites for hydroxylation is 1. The molecule has 4 rings (SSSR count). The molecule has 1 aliphatic rings. The summed E-state index contributed by atoms with van der Waals surface area (Å²) in [6.45, 7) is 4.29. The Hall–Kier alpha value is -3.00. The second kappa shape index (κ2) is 6.96. The van der Waals surface area contributed by atoms with Crippen molar-refractivity contribution >= 4 is 28.5 Å². The van der Waals surface area contributed by atoms with Gasteiger partial charge in [-0.2, -0.15) is 0 Å². The van der Waals surface area contributed by atoms with Gasteiger partial charge in [-0.3, -0.25) is 4.79 Å². The van der Waals surface area contributed by atoms with Crippen LogP contribution in [0.25, 0.3) is 11.1 Å². The van der Waals surface area contributed by atoms with Gasteiger partial charge in [0, 0.05) is 25.8 Å². The minimum atomic E-state index is -0.354. The smallest absolute Gasteiger partial charge is 0.262 e. The third kappa shape index (κ3) is 3.12. The maximum Gasteiger partial charge on any atom is 0.262 e. The average Bonchev–Trinajstić information content (AvgIpc) is 3.04. The number of amides is 1. The number of anilines is 2. The van der Waals surface area contributed by atoms with Crippen LogP contribution in [0.2, 0.25) is 0 Å². The van der Waals surface area contributed by atoms with Gasteiger partial charge in [0.2, 0.25) is 5.71 Å². The van der Waals surface area contributed by atoms with Crippen molar-refractivity contribution in [2.24, 2.45) is 0 Å². The largest absolute Gasteiger partial charge is 0.442 e. The fraction of sp³-hybridized carbons (Fsp3) is 0.316. The van der Waals surface area contributed by atoms with E-state index in [2.05, 4.69) is 14.9 Å². The Labute approximate surface area is 155 Å². The normalized spacial score (nSPS) is 14.6. The predicted octanol–water partition coefficient (Wildman–Crippen LogP) is 2.78. The molecule has 0 spiro atoms. The van der Waals surface area contributed by atoms with Crippen LogP contribution in [0.3, 0.4) is 0 Å². The maximum absolute atomic E-state index is 13.2. The topological polar surface area (TPSA) is 71.7 Å². The second-order valence-electron chi connectivity index (χ2n) is 6.35. The number of nitrogens with zero attached hydrogens (tertiary/aromatic N) is 4. The number of hydrogen-bond donors (Lipinski definition) is 0. The number of ether oxygens (including phenoxy) is 1. The monoisotopic (exact) mass is 370 g/mol. The van der Waals surface area contributed by atoms with E-state index in [1.165, 1.54) is 23.4 Å². The lowest BCUT2D eigenvalue weighted by atomic mass is 10.1. The number of rotatable bonds is 3. The number of carbonyl (C=O) groups is 1. The van der Waals surface area contributed by atoms with E-state index in [9.17, 15) is 9.18 Å². The number of benzene rings is 1. The predicted molar refractivity (Wildman–Crippen MR) is 98.7 cm³/mol. The van der Waals surface area contributed by atoms with E-state index in [-0.39, 0.29) is 11.7 Å². The lowest BCUT2D eigenvalue weighted by molar-refractivity contribution is 0.0993. The Bertz CT molecular complexity index is 981. The van der Waals surface area contributed by atoms with Crippen LogP contribution in [0.1, 0.15) is 16.1 Å². The van der Waals surface area contributed by atoms with Crippen LogP contribution in [0.4, 0.5) is 15.9 Å². The van der Waals surface area contributed by atoms with E-state index in [0.29, 0.717) is 60.2 Å². The minimum absolute atomic E-state index is 0.262. The molecule has 8 heteroatoms. The second-order valence-corrected chi connectivity index (χ2v) is 6.35. The van der Waals surface area contributed by atoms with Crippen molar-refractivity contribution in [3.63, 3.8) is 0 Å². The molecule has 7 nitrogen and oxygen atoms in total. The summed E-state index contributed by atoms with van der Waals surface area (Å²) in [5, 5.41) is 0.593. The molecule has 1 amide bonds. The Kier molecular flexibility index (Phi) is 4.49. The van der Waals surface area contributed by atoms with Crippen LogP contribution >= 0.6 is 0 Å². The summed E-state index contributed by atoms with van der Waals surface area (Å²) in [6.07, 6.45) is 1.44. The first kappa shape index (κ1) is 17.4. The Morgan fingerprint density at radius 3 is 2.59 bits per heavy atom. The van der Waals surface area contributed by atoms with E-state index < -0.39 is 0 Å². The highest BCUT2D eigenvalue weighted by molar-refractivity contribution is 6.16. The third-order valence-corrected chi connectivity index (χ3v) is 4.69. The fourth-order valence-corrected chi connectivity index (χ4v) is 3.25. The Morgan fingerprint density at radius 1 is 1.19 bits per heavy atom. The molecule has 0 saturated carbocycles. The molecule has 3 heterocycles. The molecule has 1 fully saturated rings. The van der Waals surface area contributed by atoms with Crippen LogP contribution in [-0.2, 0) is 4.74 Å². The number of carbonyl (C=O) groups excluding carboxylic acids is 1. The van der Waals surface area contributed by atoms with Gasteiger partial charge in [-0.25, -0.2) is 14.4 Å². The SMILES string of the molecule is Cc1oc2ncnc(N3CCOCC3)c2c1C(=O)N(C)c1ccc(F)cc1. The Morgan fingerprint density at radius 2 is 1.89 bits per heavy atom. The van der Waals surface area contributed by atoms with E-state index in [4.69, 9.17) is 9.15 Å². The summed E-state index contributed by atoms with van der Waals surface area (Å²) >= 11 is 0. The van der Waals surface area contributed by atoms with Crippen LogP contribution in [0.5, 0.6) is 0 Å². The number of hydrogen-bond acceptors (Lipinski definition) is 6. The van der Waals surface area contributed by atoms with Crippen molar-refractivity contribution in [3.05, 3.63) is 47.7 Å².